The van der Waals surface area contributed by atoms with E-state index in [9.17, 15) is 0 Å². The third-order valence-corrected chi connectivity index (χ3v) is 4.65. The summed E-state index contributed by atoms with van der Waals surface area (Å²) in [5, 5.41) is 3.80. The van der Waals surface area contributed by atoms with Gasteiger partial charge in [-0.15, -0.1) is 0 Å². The third-order valence-electron chi connectivity index (χ3n) is 4.12. The Labute approximate surface area is 125 Å². The normalized spacial score (nSPS) is 23.0. The molecule has 0 saturated carbocycles. The Balaban J connectivity index is 1.88. The molecule has 1 aliphatic heterocycles. The van der Waals surface area contributed by atoms with E-state index < -0.39 is 0 Å². The maximum absolute atomic E-state index is 3.80. The molecule has 1 saturated heterocycles. The first-order valence-corrected chi connectivity index (χ1v) is 8.22. The van der Waals surface area contributed by atoms with Crippen molar-refractivity contribution in [2.45, 2.75) is 45.2 Å². The first-order valence-electron chi connectivity index (χ1n) is 7.43. The van der Waals surface area contributed by atoms with E-state index in [1.54, 1.807) is 0 Å². The summed E-state index contributed by atoms with van der Waals surface area (Å²) in [6.07, 6.45) is 3.89. The first kappa shape index (κ1) is 15.0. The lowest BCUT2D eigenvalue weighted by Crippen LogP contribution is -2.32. The lowest BCUT2D eigenvalue weighted by Gasteiger charge is -2.23. The van der Waals surface area contributed by atoms with Crippen molar-refractivity contribution in [1.29, 1.82) is 0 Å². The molecule has 3 heteroatoms. The molecular weight excluding hydrogens is 300 g/mol. The molecule has 1 aliphatic rings. The Kier molecular flexibility index (Phi) is 5.86. The van der Waals surface area contributed by atoms with E-state index in [4.69, 9.17) is 0 Å². The van der Waals surface area contributed by atoms with Gasteiger partial charge in [0.2, 0.25) is 0 Å². The minimum atomic E-state index is 0.436. The van der Waals surface area contributed by atoms with Crippen LogP contribution in [0.1, 0.15) is 44.7 Å². The van der Waals surface area contributed by atoms with Crippen LogP contribution in [0.2, 0.25) is 0 Å². The lowest BCUT2D eigenvalue weighted by atomic mass is 10.0. The van der Waals surface area contributed by atoms with Gasteiger partial charge in [0.25, 0.3) is 0 Å². The van der Waals surface area contributed by atoms with E-state index in [-0.39, 0.29) is 0 Å². The molecule has 1 aromatic rings. The van der Waals surface area contributed by atoms with Crippen LogP contribution in [0.3, 0.4) is 0 Å². The second-order valence-corrected chi connectivity index (χ2v) is 6.42. The number of hydrogen-bond donors (Lipinski definition) is 1. The van der Waals surface area contributed by atoms with Crippen LogP contribution in [0.4, 0.5) is 0 Å². The summed E-state index contributed by atoms with van der Waals surface area (Å²) in [4.78, 5) is 2.56. The Morgan fingerprint density at radius 1 is 1.26 bits per heavy atom. The third kappa shape index (κ3) is 4.59. The van der Waals surface area contributed by atoms with Gasteiger partial charge in [0.1, 0.15) is 0 Å². The number of nitrogens with zero attached hydrogens (tertiary/aromatic N) is 1. The predicted molar refractivity (Wildman–Crippen MR) is 85.4 cm³/mol. The van der Waals surface area contributed by atoms with E-state index in [0.717, 1.165) is 4.47 Å². The van der Waals surface area contributed by atoms with E-state index >= 15 is 0 Å². The van der Waals surface area contributed by atoms with E-state index in [1.807, 2.05) is 0 Å². The van der Waals surface area contributed by atoms with Crippen LogP contribution in [0.15, 0.2) is 28.7 Å². The summed E-state index contributed by atoms with van der Waals surface area (Å²) >= 11 is 3.49. The van der Waals surface area contributed by atoms with Crippen LogP contribution in [0, 0.1) is 0 Å². The van der Waals surface area contributed by atoms with Gasteiger partial charge >= 0.3 is 0 Å². The molecule has 2 atom stereocenters. The van der Waals surface area contributed by atoms with Gasteiger partial charge in [0.05, 0.1) is 0 Å². The smallest absolute Gasteiger partial charge is 0.0294 e. The van der Waals surface area contributed by atoms with Crippen LogP contribution in [0.5, 0.6) is 0 Å². The number of hydrogen-bond acceptors (Lipinski definition) is 2. The van der Waals surface area contributed by atoms with Gasteiger partial charge in [-0.2, -0.15) is 0 Å². The lowest BCUT2D eigenvalue weighted by molar-refractivity contribution is 0.295. The fourth-order valence-corrected chi connectivity index (χ4v) is 3.10. The van der Waals surface area contributed by atoms with Gasteiger partial charge in [-0.1, -0.05) is 35.0 Å². The van der Waals surface area contributed by atoms with E-state index in [0.29, 0.717) is 12.1 Å². The second kappa shape index (κ2) is 7.41. The molecule has 106 valence electrons. The number of nitrogens with one attached hydrogen (secondary N) is 1. The average molecular weight is 325 g/mol. The fraction of sp³-hybridized carbons (Fsp3) is 0.625. The molecule has 0 radical (unpaired) electrons. The van der Waals surface area contributed by atoms with Crippen molar-refractivity contribution in [2.24, 2.45) is 0 Å². The average Bonchev–Trinajstić information content (AvgIpc) is 2.64. The quantitative estimate of drug-likeness (QED) is 0.901. The zero-order valence-corrected chi connectivity index (χ0v) is 13.6. The number of benzene rings is 1. The molecule has 19 heavy (non-hydrogen) atoms. The van der Waals surface area contributed by atoms with E-state index in [2.05, 4.69) is 64.3 Å². The van der Waals surface area contributed by atoms with Crippen molar-refractivity contribution in [3.05, 3.63) is 34.3 Å². The molecule has 1 N–H and O–H groups in total. The Morgan fingerprint density at radius 3 is 2.68 bits per heavy atom. The molecule has 2 rings (SSSR count). The summed E-state index contributed by atoms with van der Waals surface area (Å²) in [6, 6.07) is 9.76. The monoisotopic (exact) mass is 324 g/mol. The summed E-state index contributed by atoms with van der Waals surface area (Å²) in [6.45, 7) is 8.22. The maximum Gasteiger partial charge on any atom is 0.0294 e. The number of likely N-dealkylation sites (tertiary alicyclic amines) is 1. The van der Waals surface area contributed by atoms with Gasteiger partial charge in [-0.3, -0.25) is 0 Å². The molecular formula is C16H25BrN2. The summed E-state index contributed by atoms with van der Waals surface area (Å²) in [5.74, 6) is 0. The molecule has 2 nitrogen and oxygen atoms in total. The van der Waals surface area contributed by atoms with Gasteiger partial charge in [-0.05, 0) is 63.5 Å². The molecule has 2 unspecified atom stereocenters. The highest BCUT2D eigenvalue weighted by Gasteiger charge is 2.18. The number of rotatable bonds is 4. The molecule has 0 aromatic heterocycles. The van der Waals surface area contributed by atoms with Crippen LogP contribution in [-0.4, -0.2) is 30.6 Å². The topological polar surface area (TPSA) is 15.3 Å². The van der Waals surface area contributed by atoms with E-state index in [1.165, 1.54) is 44.5 Å². The predicted octanol–water partition coefficient (Wildman–Crippen LogP) is 3.97. The summed E-state index contributed by atoms with van der Waals surface area (Å²) in [7, 11) is 0. The van der Waals surface area contributed by atoms with Crippen molar-refractivity contribution in [3.8, 4) is 0 Å². The number of halogens is 1. The molecule has 1 heterocycles. The Bertz CT molecular complexity index is 377. The van der Waals surface area contributed by atoms with Crippen LogP contribution in [0.25, 0.3) is 0 Å². The van der Waals surface area contributed by atoms with Crippen molar-refractivity contribution < 1.29 is 0 Å². The first-order chi connectivity index (χ1) is 9.19. The highest BCUT2D eigenvalue weighted by molar-refractivity contribution is 9.10. The molecule has 0 spiro atoms. The second-order valence-electron chi connectivity index (χ2n) is 5.50. The molecule has 1 aromatic carbocycles. The highest BCUT2D eigenvalue weighted by atomic mass is 79.9. The Hall–Kier alpha value is -0.380. The fourth-order valence-electron chi connectivity index (χ4n) is 2.84. The zero-order chi connectivity index (χ0) is 13.7. The molecule has 0 amide bonds. The SMILES string of the molecule is CCN1CCCC(NC(C)c2ccc(Br)cc2)CC1. The maximum atomic E-state index is 3.80. The van der Waals surface area contributed by atoms with Crippen LogP contribution in [-0.2, 0) is 0 Å². The largest absolute Gasteiger partial charge is 0.307 e. The highest BCUT2D eigenvalue weighted by Crippen LogP contribution is 2.19. The summed E-state index contributed by atoms with van der Waals surface area (Å²) in [5.41, 5.74) is 1.37. The zero-order valence-electron chi connectivity index (χ0n) is 12.0. The molecule has 0 bridgehead atoms. The summed E-state index contributed by atoms with van der Waals surface area (Å²) < 4.78 is 1.15. The van der Waals surface area contributed by atoms with Crippen molar-refractivity contribution in [2.75, 3.05) is 19.6 Å². The van der Waals surface area contributed by atoms with Gasteiger partial charge in [0.15, 0.2) is 0 Å². The minimum absolute atomic E-state index is 0.436. The van der Waals surface area contributed by atoms with Crippen molar-refractivity contribution in [1.82, 2.24) is 10.2 Å². The van der Waals surface area contributed by atoms with Gasteiger partial charge in [0, 0.05) is 16.6 Å². The molecule has 0 aliphatic carbocycles. The standard InChI is InChI=1S/C16H25BrN2/c1-3-19-11-4-5-16(10-12-19)18-13(2)14-6-8-15(17)9-7-14/h6-9,13,16,18H,3-5,10-12H2,1-2H3. The van der Waals surface area contributed by atoms with Crippen molar-refractivity contribution >= 4 is 15.9 Å². The molecule has 1 fully saturated rings. The van der Waals surface area contributed by atoms with Gasteiger partial charge < -0.3 is 10.2 Å². The van der Waals surface area contributed by atoms with Crippen LogP contribution < -0.4 is 5.32 Å². The minimum Gasteiger partial charge on any atom is -0.307 e. The van der Waals surface area contributed by atoms with Crippen LogP contribution >= 0.6 is 15.9 Å². The Morgan fingerprint density at radius 2 is 2.00 bits per heavy atom. The van der Waals surface area contributed by atoms with Crippen molar-refractivity contribution in [3.63, 3.8) is 0 Å². The van der Waals surface area contributed by atoms with Gasteiger partial charge in [-0.25, -0.2) is 0 Å².